The lowest BCUT2D eigenvalue weighted by molar-refractivity contribution is -0.198. The summed E-state index contributed by atoms with van der Waals surface area (Å²) < 4.78 is 62.9. The Hall–Kier alpha value is -3.64. The van der Waals surface area contributed by atoms with Crippen LogP contribution in [0.5, 0.6) is 5.88 Å². The van der Waals surface area contributed by atoms with Crippen molar-refractivity contribution in [2.45, 2.75) is 44.5 Å². The summed E-state index contributed by atoms with van der Waals surface area (Å²) in [5, 5.41) is 12.6. The van der Waals surface area contributed by atoms with Crippen LogP contribution in [0.15, 0.2) is 42.5 Å². The van der Waals surface area contributed by atoms with Crippen LogP contribution >= 0.6 is 11.6 Å². The smallest absolute Gasteiger partial charge is 0.429 e. The molecule has 41 heavy (non-hydrogen) atoms. The molecule has 2 atom stereocenters. The van der Waals surface area contributed by atoms with E-state index >= 15 is 0 Å². The molecule has 1 spiro atoms. The van der Waals surface area contributed by atoms with E-state index in [0.29, 0.717) is 50.3 Å². The van der Waals surface area contributed by atoms with Crippen molar-refractivity contribution < 1.29 is 32.2 Å². The van der Waals surface area contributed by atoms with Crippen molar-refractivity contribution in [3.8, 4) is 17.0 Å². The van der Waals surface area contributed by atoms with Gasteiger partial charge < -0.3 is 25.8 Å². The van der Waals surface area contributed by atoms with Gasteiger partial charge in [-0.15, -0.1) is 0 Å². The SMILES string of the molecule is Cc1cc(-c2cc(Cl)ccc2[C@@H](Oc2cc(N3CCC4(CC3)CN[C@H](C(=O)O)C4)nc(N)n2)C(F)(F)F)ccc1F. The molecule has 0 saturated carbocycles. The van der Waals surface area contributed by atoms with Gasteiger partial charge in [0.15, 0.2) is 0 Å². The van der Waals surface area contributed by atoms with Crippen LogP contribution in [0.1, 0.15) is 36.5 Å². The van der Waals surface area contributed by atoms with Gasteiger partial charge in [0.05, 0.1) is 0 Å². The van der Waals surface area contributed by atoms with Crippen LogP contribution in [-0.2, 0) is 4.79 Å². The highest BCUT2D eigenvalue weighted by atomic mass is 35.5. The number of halogens is 5. The van der Waals surface area contributed by atoms with E-state index in [2.05, 4.69) is 15.3 Å². The number of nitrogens with zero attached hydrogens (tertiary/aromatic N) is 3. The number of carbonyl (C=O) groups is 1. The van der Waals surface area contributed by atoms with Crippen molar-refractivity contribution in [2.24, 2.45) is 5.41 Å². The minimum atomic E-state index is -4.86. The normalized spacial score (nSPS) is 19.4. The first-order valence-electron chi connectivity index (χ1n) is 13.0. The molecule has 2 aliphatic rings. The molecule has 0 aliphatic carbocycles. The van der Waals surface area contributed by atoms with E-state index in [9.17, 15) is 27.5 Å². The molecule has 13 heteroatoms. The molecule has 2 aliphatic heterocycles. The number of alkyl halides is 3. The van der Waals surface area contributed by atoms with E-state index in [0.717, 1.165) is 0 Å². The Bertz CT molecular complexity index is 1460. The standard InChI is InChI=1S/C28H28ClF4N5O3/c1-15-10-16(2-5-20(15)30)19-11-17(29)3-4-18(19)24(28(31,32)33)41-23-12-22(36-26(34)37-23)38-8-6-27(7-9-38)13-21(25(39)40)35-14-27/h2-5,10-12,21,24,35H,6-9,13-14H2,1H3,(H,39,40)(H2,34,36,37)/t21-,24+/m0/s1. The fourth-order valence-corrected chi connectivity index (χ4v) is 5.75. The fourth-order valence-electron chi connectivity index (χ4n) is 5.58. The number of aryl methyl sites for hydroxylation is 1. The third-order valence-electron chi connectivity index (χ3n) is 7.82. The highest BCUT2D eigenvalue weighted by molar-refractivity contribution is 6.30. The van der Waals surface area contributed by atoms with Gasteiger partial charge in [-0.2, -0.15) is 23.1 Å². The molecule has 0 unspecified atom stereocenters. The number of aromatic nitrogens is 2. The fraction of sp³-hybridized carbons (Fsp3) is 0.393. The molecular weight excluding hydrogens is 566 g/mol. The number of benzene rings is 2. The van der Waals surface area contributed by atoms with Gasteiger partial charge in [-0.25, -0.2) is 4.39 Å². The van der Waals surface area contributed by atoms with Crippen molar-refractivity contribution in [3.63, 3.8) is 0 Å². The zero-order valence-electron chi connectivity index (χ0n) is 22.0. The van der Waals surface area contributed by atoms with Crippen LogP contribution in [0.4, 0.5) is 29.3 Å². The second kappa shape index (κ2) is 11.0. The Morgan fingerprint density at radius 2 is 1.93 bits per heavy atom. The molecule has 2 aromatic carbocycles. The summed E-state index contributed by atoms with van der Waals surface area (Å²) in [4.78, 5) is 21.4. The minimum absolute atomic E-state index is 0.136. The highest BCUT2D eigenvalue weighted by Gasteiger charge is 2.46. The molecule has 3 aromatic rings. The molecule has 3 heterocycles. The predicted octanol–water partition coefficient (Wildman–Crippen LogP) is 5.54. The van der Waals surface area contributed by atoms with Crippen molar-refractivity contribution in [1.29, 1.82) is 0 Å². The van der Waals surface area contributed by atoms with Gasteiger partial charge in [-0.05, 0) is 72.6 Å². The molecule has 5 rings (SSSR count). The molecule has 4 N–H and O–H groups in total. The first kappa shape index (κ1) is 28.9. The zero-order valence-corrected chi connectivity index (χ0v) is 22.8. The van der Waals surface area contributed by atoms with Crippen molar-refractivity contribution in [2.75, 3.05) is 30.3 Å². The number of nitrogens with one attached hydrogen (secondary N) is 1. The number of nitrogens with two attached hydrogens (primary N) is 1. The predicted molar refractivity (Wildman–Crippen MR) is 145 cm³/mol. The quantitative estimate of drug-likeness (QED) is 0.319. The summed E-state index contributed by atoms with van der Waals surface area (Å²) in [5.41, 5.74) is 6.24. The molecule has 8 nitrogen and oxygen atoms in total. The summed E-state index contributed by atoms with van der Waals surface area (Å²) in [6, 6.07) is 8.67. The van der Waals surface area contributed by atoms with Crippen molar-refractivity contribution >= 4 is 29.3 Å². The van der Waals surface area contributed by atoms with Gasteiger partial charge in [-0.3, -0.25) is 4.79 Å². The van der Waals surface area contributed by atoms with Gasteiger partial charge in [0.1, 0.15) is 17.7 Å². The average molecular weight is 594 g/mol. The summed E-state index contributed by atoms with van der Waals surface area (Å²) in [7, 11) is 0. The Kier molecular flexibility index (Phi) is 7.73. The summed E-state index contributed by atoms with van der Waals surface area (Å²) in [6.07, 6.45) is -5.42. The van der Waals surface area contributed by atoms with Crippen molar-refractivity contribution in [3.05, 3.63) is 64.4 Å². The lowest BCUT2D eigenvalue weighted by Crippen LogP contribution is -2.41. The van der Waals surface area contributed by atoms with E-state index in [1.165, 1.54) is 49.4 Å². The number of hydrogen-bond acceptors (Lipinski definition) is 7. The number of hydrogen-bond donors (Lipinski definition) is 3. The Morgan fingerprint density at radius 1 is 1.20 bits per heavy atom. The van der Waals surface area contributed by atoms with Crippen molar-refractivity contribution in [1.82, 2.24) is 15.3 Å². The van der Waals surface area contributed by atoms with Gasteiger partial charge in [0.25, 0.3) is 0 Å². The molecule has 0 amide bonds. The van der Waals surface area contributed by atoms with E-state index in [1.54, 1.807) is 0 Å². The number of carboxylic acid groups (broad SMARTS) is 1. The minimum Gasteiger partial charge on any atom is -0.480 e. The topological polar surface area (TPSA) is 114 Å². The second-order valence-electron chi connectivity index (χ2n) is 10.6. The number of piperidine rings is 1. The molecule has 0 bridgehead atoms. The number of aliphatic carboxylic acids is 1. The average Bonchev–Trinajstić information content (AvgIpc) is 3.32. The van der Waals surface area contributed by atoms with Crippen LogP contribution in [-0.4, -0.2) is 52.9 Å². The lowest BCUT2D eigenvalue weighted by atomic mass is 9.76. The maximum absolute atomic E-state index is 14.5. The molecule has 2 saturated heterocycles. The van der Waals surface area contributed by atoms with E-state index < -0.39 is 30.1 Å². The van der Waals surface area contributed by atoms with Gasteiger partial charge >= 0.3 is 12.1 Å². The first-order valence-corrected chi connectivity index (χ1v) is 13.4. The summed E-state index contributed by atoms with van der Waals surface area (Å²) in [5.74, 6) is -1.67. The number of carboxylic acids is 1. The third kappa shape index (κ3) is 6.18. The third-order valence-corrected chi connectivity index (χ3v) is 8.05. The van der Waals surface area contributed by atoms with E-state index in [-0.39, 0.29) is 39.0 Å². The first-order chi connectivity index (χ1) is 19.3. The Balaban J connectivity index is 1.42. The number of nitrogen functional groups attached to an aromatic ring is 1. The highest BCUT2D eigenvalue weighted by Crippen LogP contribution is 2.43. The Morgan fingerprint density at radius 3 is 2.56 bits per heavy atom. The monoisotopic (exact) mass is 593 g/mol. The van der Waals surface area contributed by atoms with E-state index in [1.807, 2.05) is 4.90 Å². The largest absolute Gasteiger partial charge is 0.480 e. The Labute approximate surface area is 238 Å². The molecule has 0 radical (unpaired) electrons. The lowest BCUT2D eigenvalue weighted by Gasteiger charge is -2.39. The number of rotatable bonds is 6. The number of anilines is 2. The van der Waals surface area contributed by atoms with Crippen LogP contribution in [0.25, 0.3) is 11.1 Å². The summed E-state index contributed by atoms with van der Waals surface area (Å²) in [6.45, 7) is 3.13. The van der Waals surface area contributed by atoms with Gasteiger partial charge in [-0.1, -0.05) is 23.7 Å². The molecule has 2 fully saturated rings. The summed E-state index contributed by atoms with van der Waals surface area (Å²) >= 11 is 6.14. The van der Waals surface area contributed by atoms with Crippen LogP contribution in [0.2, 0.25) is 5.02 Å². The zero-order chi connectivity index (χ0) is 29.5. The number of ether oxygens (including phenoxy) is 1. The van der Waals surface area contributed by atoms with Crippen LogP contribution in [0, 0.1) is 18.2 Å². The van der Waals surface area contributed by atoms with Crippen LogP contribution in [0.3, 0.4) is 0 Å². The molecule has 218 valence electrons. The maximum atomic E-state index is 14.5. The van der Waals surface area contributed by atoms with E-state index in [4.69, 9.17) is 22.1 Å². The van der Waals surface area contributed by atoms with Gasteiger partial charge in [0.2, 0.25) is 17.9 Å². The molecule has 1 aromatic heterocycles. The van der Waals surface area contributed by atoms with Gasteiger partial charge in [0, 0.05) is 36.3 Å². The maximum Gasteiger partial charge on any atom is 0.429 e. The van der Waals surface area contributed by atoms with Crippen LogP contribution < -0.4 is 20.7 Å². The second-order valence-corrected chi connectivity index (χ2v) is 11.1. The molecular formula is C28H28ClF4N5O3.